The molecule has 0 amide bonds. The maximum Gasteiger partial charge on any atom is 0.344 e. The third kappa shape index (κ3) is 4.20. The highest BCUT2D eigenvalue weighted by atomic mass is 16.5. The molecule has 1 aromatic rings. The van der Waals surface area contributed by atoms with Crippen LogP contribution in [0.4, 0.5) is 0 Å². The van der Waals surface area contributed by atoms with Crippen LogP contribution in [0.2, 0.25) is 0 Å². The highest BCUT2D eigenvalue weighted by Gasteiger charge is 2.23. The number of pyridine rings is 1. The Hall–Kier alpha value is -1.62. The Bertz CT molecular complexity index is 472. The predicted octanol–water partition coefficient (Wildman–Crippen LogP) is 2.27. The van der Waals surface area contributed by atoms with Crippen molar-refractivity contribution in [3.63, 3.8) is 0 Å². The first-order valence-electron chi connectivity index (χ1n) is 7.19. The number of carboxylic acids is 1. The second-order valence-corrected chi connectivity index (χ2v) is 5.29. The molecule has 1 unspecified atom stereocenters. The van der Waals surface area contributed by atoms with Crippen molar-refractivity contribution in [2.24, 2.45) is 0 Å². The van der Waals surface area contributed by atoms with Crippen molar-refractivity contribution >= 4 is 5.97 Å². The van der Waals surface area contributed by atoms with Crippen molar-refractivity contribution in [2.75, 3.05) is 0 Å². The summed E-state index contributed by atoms with van der Waals surface area (Å²) in [4.78, 5) is 15.7. The van der Waals surface area contributed by atoms with Crippen LogP contribution in [0, 0.1) is 6.92 Å². The number of hydrogen-bond acceptors (Lipinski definition) is 4. The van der Waals surface area contributed by atoms with Gasteiger partial charge in [-0.05, 0) is 38.3 Å². The summed E-state index contributed by atoms with van der Waals surface area (Å²) >= 11 is 0. The quantitative estimate of drug-likeness (QED) is 0.763. The fraction of sp³-hybridized carbons (Fsp3) is 0.600. The summed E-state index contributed by atoms with van der Waals surface area (Å²) in [5.41, 5.74) is 1.70. The molecular formula is C15H22N2O3. The molecule has 1 atom stereocenters. The van der Waals surface area contributed by atoms with E-state index < -0.39 is 12.1 Å². The number of nitrogens with zero attached hydrogens (tertiary/aromatic N) is 1. The Kier molecular flexibility index (Phi) is 4.95. The van der Waals surface area contributed by atoms with Crippen LogP contribution in [0.3, 0.4) is 0 Å². The highest BCUT2D eigenvalue weighted by molar-refractivity contribution is 5.72. The van der Waals surface area contributed by atoms with Gasteiger partial charge in [-0.2, -0.15) is 0 Å². The molecule has 1 aliphatic carbocycles. The van der Waals surface area contributed by atoms with Gasteiger partial charge in [-0.3, -0.25) is 4.98 Å². The van der Waals surface area contributed by atoms with Gasteiger partial charge in [-0.1, -0.05) is 13.3 Å². The topological polar surface area (TPSA) is 71.5 Å². The fourth-order valence-corrected chi connectivity index (χ4v) is 2.01. The molecule has 5 nitrogen and oxygen atoms in total. The van der Waals surface area contributed by atoms with Gasteiger partial charge in [0.05, 0.1) is 5.69 Å². The summed E-state index contributed by atoms with van der Waals surface area (Å²) in [7, 11) is 0. The van der Waals surface area contributed by atoms with Crippen LogP contribution in [0.25, 0.3) is 0 Å². The van der Waals surface area contributed by atoms with Gasteiger partial charge >= 0.3 is 5.97 Å². The van der Waals surface area contributed by atoms with E-state index in [1.165, 1.54) is 12.8 Å². The van der Waals surface area contributed by atoms with Gasteiger partial charge in [0.1, 0.15) is 5.75 Å². The van der Waals surface area contributed by atoms with Crippen LogP contribution in [0.15, 0.2) is 12.1 Å². The lowest BCUT2D eigenvalue weighted by molar-refractivity contribution is -0.145. The van der Waals surface area contributed by atoms with Gasteiger partial charge in [-0.25, -0.2) is 4.79 Å². The number of rotatable bonds is 8. The fourth-order valence-electron chi connectivity index (χ4n) is 2.01. The van der Waals surface area contributed by atoms with Gasteiger partial charge in [0.25, 0.3) is 0 Å². The minimum Gasteiger partial charge on any atom is -0.479 e. The van der Waals surface area contributed by atoms with E-state index in [0.29, 0.717) is 24.8 Å². The monoisotopic (exact) mass is 278 g/mol. The van der Waals surface area contributed by atoms with E-state index in [-0.39, 0.29) is 0 Å². The molecule has 2 rings (SSSR count). The molecule has 0 saturated heterocycles. The van der Waals surface area contributed by atoms with E-state index >= 15 is 0 Å². The zero-order valence-corrected chi connectivity index (χ0v) is 12.1. The molecule has 5 heteroatoms. The van der Waals surface area contributed by atoms with Crippen molar-refractivity contribution in [3.8, 4) is 5.75 Å². The molecule has 1 heterocycles. The standard InChI is InChI=1S/C15H22N2O3/c1-3-4-14(15(18)19)20-13-8-5-10(2)17-12(13)9-16-11-6-7-11/h5,8,11,14,16H,3-4,6-7,9H2,1-2H3,(H,18,19). The largest absolute Gasteiger partial charge is 0.479 e. The molecule has 0 spiro atoms. The smallest absolute Gasteiger partial charge is 0.344 e. The molecule has 110 valence electrons. The Balaban J connectivity index is 2.09. The van der Waals surface area contributed by atoms with E-state index in [0.717, 1.165) is 17.8 Å². The summed E-state index contributed by atoms with van der Waals surface area (Å²) < 4.78 is 5.65. The van der Waals surface area contributed by atoms with Crippen LogP contribution in [-0.4, -0.2) is 28.2 Å². The van der Waals surface area contributed by atoms with Gasteiger partial charge in [-0.15, -0.1) is 0 Å². The molecule has 20 heavy (non-hydrogen) atoms. The average molecular weight is 278 g/mol. The second-order valence-electron chi connectivity index (χ2n) is 5.29. The van der Waals surface area contributed by atoms with Crippen LogP contribution in [0.1, 0.15) is 44.0 Å². The van der Waals surface area contributed by atoms with Crippen LogP contribution in [-0.2, 0) is 11.3 Å². The summed E-state index contributed by atoms with van der Waals surface area (Å²) in [5.74, 6) is -0.349. The van der Waals surface area contributed by atoms with Crippen molar-refractivity contribution in [1.29, 1.82) is 0 Å². The van der Waals surface area contributed by atoms with Crippen LogP contribution >= 0.6 is 0 Å². The first kappa shape index (κ1) is 14.8. The summed E-state index contributed by atoms with van der Waals surface area (Å²) in [6.07, 6.45) is 2.87. The summed E-state index contributed by atoms with van der Waals surface area (Å²) in [6.45, 7) is 4.49. The van der Waals surface area contributed by atoms with Crippen LogP contribution in [0.5, 0.6) is 5.75 Å². The molecule has 0 aromatic carbocycles. The van der Waals surface area contributed by atoms with Gasteiger partial charge in [0, 0.05) is 18.3 Å². The first-order chi connectivity index (χ1) is 9.60. The Morgan fingerprint density at radius 3 is 2.90 bits per heavy atom. The number of aryl methyl sites for hydroxylation is 1. The minimum atomic E-state index is -0.923. The molecule has 0 radical (unpaired) electrons. The highest BCUT2D eigenvalue weighted by Crippen LogP contribution is 2.23. The molecule has 0 aliphatic heterocycles. The van der Waals surface area contributed by atoms with Crippen molar-refractivity contribution in [3.05, 3.63) is 23.5 Å². The minimum absolute atomic E-state index is 0.499. The molecule has 1 aliphatic rings. The maximum atomic E-state index is 11.2. The number of aliphatic carboxylic acids is 1. The normalized spacial score (nSPS) is 15.9. The predicted molar refractivity (Wildman–Crippen MR) is 75.8 cm³/mol. The Labute approximate surface area is 119 Å². The Morgan fingerprint density at radius 1 is 1.55 bits per heavy atom. The maximum absolute atomic E-state index is 11.2. The summed E-state index contributed by atoms with van der Waals surface area (Å²) in [6, 6.07) is 4.25. The van der Waals surface area contributed by atoms with Gasteiger partial charge in [0.15, 0.2) is 6.10 Å². The zero-order chi connectivity index (χ0) is 14.5. The average Bonchev–Trinajstić information content (AvgIpc) is 3.22. The number of aromatic nitrogens is 1. The molecule has 2 N–H and O–H groups in total. The second kappa shape index (κ2) is 6.70. The Morgan fingerprint density at radius 2 is 2.30 bits per heavy atom. The number of hydrogen-bond donors (Lipinski definition) is 2. The zero-order valence-electron chi connectivity index (χ0n) is 12.1. The lowest BCUT2D eigenvalue weighted by Gasteiger charge is -2.17. The first-order valence-corrected chi connectivity index (χ1v) is 7.19. The third-order valence-corrected chi connectivity index (χ3v) is 3.30. The SMILES string of the molecule is CCCC(Oc1ccc(C)nc1CNC1CC1)C(=O)O. The van der Waals surface area contributed by atoms with E-state index in [1.54, 1.807) is 0 Å². The number of ether oxygens (including phenoxy) is 1. The van der Waals surface area contributed by atoms with E-state index in [2.05, 4.69) is 10.3 Å². The molecule has 0 bridgehead atoms. The number of carboxylic acid groups (broad SMARTS) is 1. The van der Waals surface area contributed by atoms with E-state index in [1.807, 2.05) is 26.0 Å². The molecule has 1 saturated carbocycles. The third-order valence-electron chi connectivity index (χ3n) is 3.30. The molecule has 1 fully saturated rings. The number of carbonyl (C=O) groups is 1. The number of nitrogens with one attached hydrogen (secondary N) is 1. The van der Waals surface area contributed by atoms with Crippen molar-refractivity contribution in [2.45, 2.75) is 58.2 Å². The van der Waals surface area contributed by atoms with Crippen LogP contribution < -0.4 is 10.1 Å². The van der Waals surface area contributed by atoms with Crippen molar-refractivity contribution < 1.29 is 14.6 Å². The van der Waals surface area contributed by atoms with E-state index in [9.17, 15) is 9.90 Å². The summed E-state index contributed by atoms with van der Waals surface area (Å²) in [5, 5.41) is 12.6. The van der Waals surface area contributed by atoms with E-state index in [4.69, 9.17) is 4.74 Å². The van der Waals surface area contributed by atoms with Gasteiger partial charge in [0.2, 0.25) is 0 Å². The molecule has 1 aromatic heterocycles. The van der Waals surface area contributed by atoms with Crippen molar-refractivity contribution in [1.82, 2.24) is 10.3 Å². The molecular weight excluding hydrogens is 256 g/mol. The van der Waals surface area contributed by atoms with Gasteiger partial charge < -0.3 is 15.2 Å². The lowest BCUT2D eigenvalue weighted by Crippen LogP contribution is -2.28. The lowest BCUT2D eigenvalue weighted by atomic mass is 10.2.